The van der Waals surface area contributed by atoms with Gasteiger partial charge in [-0.15, -0.1) is 13.2 Å². The number of nitrogens with zero attached hydrogens (tertiary/aromatic N) is 1. The van der Waals surface area contributed by atoms with Crippen LogP contribution in [-0.4, -0.2) is 31.9 Å². The smallest absolute Gasteiger partial charge is 0.405 e. The molecule has 5 nitrogen and oxygen atoms in total. The zero-order valence-electron chi connectivity index (χ0n) is 16.8. The molecule has 1 heterocycles. The van der Waals surface area contributed by atoms with Gasteiger partial charge in [-0.1, -0.05) is 53.5 Å². The molecule has 2 unspecified atom stereocenters. The predicted molar refractivity (Wildman–Crippen MR) is 121 cm³/mol. The number of aromatic amines is 1. The first-order chi connectivity index (χ1) is 15.5. The average Bonchev–Trinajstić information content (AvgIpc) is 3.17. The first kappa shape index (κ1) is 23.6. The lowest BCUT2D eigenvalue weighted by atomic mass is 10.0. The van der Waals surface area contributed by atoms with Crippen LogP contribution in [0.25, 0.3) is 22.2 Å². The van der Waals surface area contributed by atoms with Gasteiger partial charge in [-0.2, -0.15) is 0 Å². The number of aromatic nitrogens is 2. The maximum atomic E-state index is 12.9. The number of imidazole rings is 1. The molecular weight excluding hydrogens is 500 g/mol. The van der Waals surface area contributed by atoms with Crippen LogP contribution in [0.3, 0.4) is 0 Å². The molecular formula is C22H15Cl2F3N2O3S. The van der Waals surface area contributed by atoms with E-state index in [0.29, 0.717) is 16.0 Å². The fraction of sp³-hybridized carbons (Fsp3) is 0.136. The van der Waals surface area contributed by atoms with Crippen molar-refractivity contribution < 1.29 is 27.2 Å². The number of hydrogen-bond acceptors (Lipinski definition) is 4. The van der Waals surface area contributed by atoms with Crippen molar-refractivity contribution in [2.24, 2.45) is 0 Å². The van der Waals surface area contributed by atoms with Crippen LogP contribution in [0.2, 0.25) is 10.0 Å². The van der Waals surface area contributed by atoms with Crippen molar-refractivity contribution in [1.29, 1.82) is 0 Å². The summed E-state index contributed by atoms with van der Waals surface area (Å²) in [6, 6.07) is 13.5. The van der Waals surface area contributed by atoms with E-state index in [9.17, 15) is 22.5 Å². The van der Waals surface area contributed by atoms with Crippen LogP contribution in [0.15, 0.2) is 59.5 Å². The molecule has 0 bridgehead atoms. The van der Waals surface area contributed by atoms with E-state index in [1.54, 1.807) is 30.5 Å². The highest BCUT2D eigenvalue weighted by atomic mass is 35.5. The van der Waals surface area contributed by atoms with Crippen LogP contribution >= 0.6 is 23.2 Å². The fourth-order valence-corrected chi connectivity index (χ4v) is 4.58. The lowest BCUT2D eigenvalue weighted by Gasteiger charge is -2.15. The highest BCUT2D eigenvalue weighted by Gasteiger charge is 2.33. The van der Waals surface area contributed by atoms with E-state index in [4.69, 9.17) is 23.2 Å². The number of H-pyrrole nitrogens is 1. The number of alkyl halides is 3. The van der Waals surface area contributed by atoms with Crippen molar-refractivity contribution >= 4 is 45.0 Å². The summed E-state index contributed by atoms with van der Waals surface area (Å²) in [5, 5.41) is 10.8. The van der Waals surface area contributed by atoms with Gasteiger partial charge in [0.2, 0.25) is 0 Å². The molecule has 1 aromatic heterocycles. The number of rotatable bonds is 5. The Labute approximate surface area is 198 Å². The summed E-state index contributed by atoms with van der Waals surface area (Å²) in [5.41, 5.74) is 1.27. The molecule has 0 saturated heterocycles. The number of para-hydroxylation sites is 1. The third-order valence-electron chi connectivity index (χ3n) is 4.86. The van der Waals surface area contributed by atoms with Gasteiger partial charge >= 0.3 is 6.36 Å². The number of ether oxygens (including phenoxy) is 1. The Morgan fingerprint density at radius 3 is 2.42 bits per heavy atom. The monoisotopic (exact) mass is 514 g/mol. The predicted octanol–water partition coefficient (Wildman–Crippen LogP) is 6.25. The standard InChI is InChI=1S/C22H15Cl2F3N2O3S/c1-33(31)12-8-6-11(7-9-12)20(30)21-28-15-10-14(23)17(18(24)19(15)29-21)13-4-2-3-5-16(13)32-22(25,26)27/h2-10,20,30H,1H3,(H,28,29). The number of fused-ring (bicyclic) bond motifs is 1. The molecule has 11 heteroatoms. The topological polar surface area (TPSA) is 75.2 Å². The molecule has 0 aliphatic heterocycles. The molecule has 2 atom stereocenters. The van der Waals surface area contributed by atoms with Crippen LogP contribution in [0.4, 0.5) is 13.2 Å². The maximum Gasteiger partial charge on any atom is 0.573 e. The van der Waals surface area contributed by atoms with E-state index in [0.717, 1.165) is 6.07 Å². The van der Waals surface area contributed by atoms with Gasteiger partial charge in [0.25, 0.3) is 0 Å². The van der Waals surface area contributed by atoms with Gasteiger partial charge in [0.15, 0.2) is 0 Å². The number of benzene rings is 3. The van der Waals surface area contributed by atoms with E-state index < -0.39 is 29.0 Å². The molecule has 172 valence electrons. The number of halogens is 5. The Bertz CT molecular complexity index is 1360. The van der Waals surface area contributed by atoms with Gasteiger partial charge < -0.3 is 14.8 Å². The molecule has 4 aromatic rings. The van der Waals surface area contributed by atoms with Crippen LogP contribution in [0, 0.1) is 0 Å². The van der Waals surface area contributed by atoms with E-state index in [1.807, 2.05) is 0 Å². The van der Waals surface area contributed by atoms with E-state index in [1.165, 1.54) is 24.3 Å². The number of aliphatic hydroxyl groups excluding tert-OH is 1. The summed E-state index contributed by atoms with van der Waals surface area (Å²) in [6.07, 6.45) is -4.51. The van der Waals surface area contributed by atoms with Crippen LogP contribution in [-0.2, 0) is 10.8 Å². The zero-order chi connectivity index (χ0) is 23.9. The van der Waals surface area contributed by atoms with Gasteiger partial charge in [-0.25, -0.2) is 4.98 Å². The Balaban J connectivity index is 1.78. The van der Waals surface area contributed by atoms with Crippen molar-refractivity contribution in [3.63, 3.8) is 0 Å². The summed E-state index contributed by atoms with van der Waals surface area (Å²) in [4.78, 5) is 7.91. The van der Waals surface area contributed by atoms with E-state index >= 15 is 0 Å². The third kappa shape index (κ3) is 4.86. The van der Waals surface area contributed by atoms with Crippen molar-refractivity contribution in [3.05, 3.63) is 76.0 Å². The first-order valence-corrected chi connectivity index (χ1v) is 11.7. The molecule has 33 heavy (non-hydrogen) atoms. The Hall–Kier alpha value is -2.59. The minimum atomic E-state index is -4.90. The van der Waals surface area contributed by atoms with Gasteiger partial charge in [-0.3, -0.25) is 4.21 Å². The van der Waals surface area contributed by atoms with Crippen LogP contribution < -0.4 is 4.74 Å². The molecule has 0 saturated carbocycles. The van der Waals surface area contributed by atoms with Gasteiger partial charge in [0.1, 0.15) is 23.2 Å². The second-order valence-corrected chi connectivity index (χ2v) is 9.20. The Morgan fingerprint density at radius 1 is 1.12 bits per heavy atom. The number of hydrogen-bond donors (Lipinski definition) is 2. The van der Waals surface area contributed by atoms with Crippen molar-refractivity contribution in [2.45, 2.75) is 17.4 Å². The van der Waals surface area contributed by atoms with E-state index in [-0.39, 0.29) is 32.5 Å². The molecule has 0 aliphatic carbocycles. The van der Waals surface area contributed by atoms with Gasteiger partial charge in [0.05, 0.1) is 15.6 Å². The molecule has 3 aromatic carbocycles. The van der Waals surface area contributed by atoms with Gasteiger partial charge in [0, 0.05) is 33.1 Å². The number of aliphatic hydroxyl groups is 1. The zero-order valence-corrected chi connectivity index (χ0v) is 19.1. The van der Waals surface area contributed by atoms with Crippen molar-refractivity contribution in [2.75, 3.05) is 6.26 Å². The second kappa shape index (κ2) is 8.98. The van der Waals surface area contributed by atoms with E-state index in [2.05, 4.69) is 14.7 Å². The summed E-state index contributed by atoms with van der Waals surface area (Å²) in [5.74, 6) is -0.303. The molecule has 0 fully saturated rings. The Morgan fingerprint density at radius 2 is 1.79 bits per heavy atom. The molecule has 2 N–H and O–H groups in total. The lowest BCUT2D eigenvalue weighted by molar-refractivity contribution is -0.274. The normalized spacial score (nSPS) is 13.8. The molecule has 4 rings (SSSR count). The highest BCUT2D eigenvalue weighted by Crippen LogP contribution is 2.44. The Kier molecular flexibility index (Phi) is 6.41. The summed E-state index contributed by atoms with van der Waals surface area (Å²) in [6.45, 7) is 0. The summed E-state index contributed by atoms with van der Waals surface area (Å²) in [7, 11) is -1.16. The molecule has 0 amide bonds. The minimum Gasteiger partial charge on any atom is -0.405 e. The van der Waals surface area contributed by atoms with Gasteiger partial charge in [-0.05, 0) is 29.8 Å². The first-order valence-electron chi connectivity index (χ1n) is 9.39. The number of nitrogens with one attached hydrogen (secondary N) is 1. The van der Waals surface area contributed by atoms with Crippen molar-refractivity contribution in [3.8, 4) is 16.9 Å². The minimum absolute atomic E-state index is 0.00199. The lowest BCUT2D eigenvalue weighted by Crippen LogP contribution is -2.17. The highest BCUT2D eigenvalue weighted by molar-refractivity contribution is 7.84. The largest absolute Gasteiger partial charge is 0.573 e. The van der Waals surface area contributed by atoms with Crippen LogP contribution in [0.1, 0.15) is 17.5 Å². The molecule has 0 spiro atoms. The maximum absolute atomic E-state index is 12.9. The SMILES string of the molecule is CS(=O)c1ccc(C(O)c2nc3c(Cl)c(-c4ccccc4OC(F)(F)F)c(Cl)cc3[nH]2)cc1. The van der Waals surface area contributed by atoms with Crippen LogP contribution in [0.5, 0.6) is 5.75 Å². The fourth-order valence-electron chi connectivity index (χ4n) is 3.36. The molecule has 0 aliphatic rings. The summed E-state index contributed by atoms with van der Waals surface area (Å²) < 4.78 is 54.3. The molecule has 0 radical (unpaired) electrons. The quantitative estimate of drug-likeness (QED) is 0.329. The average molecular weight is 515 g/mol. The third-order valence-corrected chi connectivity index (χ3v) is 6.46. The summed E-state index contributed by atoms with van der Waals surface area (Å²) >= 11 is 12.9. The second-order valence-electron chi connectivity index (χ2n) is 7.04. The van der Waals surface area contributed by atoms with Crippen molar-refractivity contribution in [1.82, 2.24) is 9.97 Å².